The molecule has 0 fully saturated rings. The van der Waals surface area contributed by atoms with Gasteiger partial charge in [-0.3, -0.25) is 9.59 Å². The maximum absolute atomic E-state index is 12.5. The Morgan fingerprint density at radius 3 is 2.16 bits per heavy atom. The molecule has 3 rings (SSSR count). The van der Waals surface area contributed by atoms with Crippen molar-refractivity contribution in [1.29, 1.82) is 0 Å². The second-order valence-electron chi connectivity index (χ2n) is 7.00. The minimum absolute atomic E-state index is 0.206. The molecule has 31 heavy (non-hydrogen) atoms. The van der Waals surface area contributed by atoms with Crippen molar-refractivity contribution in [2.75, 3.05) is 17.2 Å². The van der Waals surface area contributed by atoms with Crippen LogP contribution in [-0.4, -0.2) is 24.5 Å². The average Bonchev–Trinajstić information content (AvgIpc) is 2.77. The van der Waals surface area contributed by atoms with Crippen molar-refractivity contribution >= 4 is 23.2 Å². The van der Waals surface area contributed by atoms with E-state index in [1.807, 2.05) is 38.1 Å². The lowest BCUT2D eigenvalue weighted by molar-refractivity contribution is -0.122. The highest BCUT2D eigenvalue weighted by molar-refractivity contribution is 6.04. The van der Waals surface area contributed by atoms with E-state index in [4.69, 9.17) is 9.47 Å². The maximum atomic E-state index is 12.5. The van der Waals surface area contributed by atoms with Gasteiger partial charge in [-0.25, -0.2) is 0 Å². The Hall–Kier alpha value is -3.80. The van der Waals surface area contributed by atoms with Crippen LogP contribution in [0.1, 0.15) is 29.8 Å². The van der Waals surface area contributed by atoms with Gasteiger partial charge in [0.05, 0.1) is 6.61 Å². The SMILES string of the molecule is CCOc1ccc(NC(=O)[C@@H](C)Oc2ccc(C(=O)Nc3ccccc3C)cc2)cc1. The van der Waals surface area contributed by atoms with E-state index >= 15 is 0 Å². The molecule has 160 valence electrons. The van der Waals surface area contributed by atoms with Crippen molar-refractivity contribution in [2.24, 2.45) is 0 Å². The molecule has 3 aromatic carbocycles. The summed E-state index contributed by atoms with van der Waals surface area (Å²) < 4.78 is 11.1. The third-order valence-electron chi connectivity index (χ3n) is 4.62. The average molecular weight is 418 g/mol. The van der Waals surface area contributed by atoms with Crippen LogP contribution in [0.4, 0.5) is 11.4 Å². The summed E-state index contributed by atoms with van der Waals surface area (Å²) >= 11 is 0. The highest BCUT2D eigenvalue weighted by Gasteiger charge is 2.15. The van der Waals surface area contributed by atoms with Crippen molar-refractivity contribution < 1.29 is 19.1 Å². The van der Waals surface area contributed by atoms with Crippen molar-refractivity contribution in [3.63, 3.8) is 0 Å². The maximum Gasteiger partial charge on any atom is 0.265 e. The third kappa shape index (κ3) is 6.09. The number of para-hydroxylation sites is 1. The van der Waals surface area contributed by atoms with E-state index in [-0.39, 0.29) is 11.8 Å². The summed E-state index contributed by atoms with van der Waals surface area (Å²) in [4.78, 5) is 24.9. The Bertz CT molecular complexity index is 1030. The molecule has 0 aliphatic carbocycles. The zero-order valence-electron chi connectivity index (χ0n) is 17.8. The standard InChI is InChI=1S/C25H26N2O4/c1-4-30-21-15-11-20(12-16-21)26-24(28)18(3)31-22-13-9-19(10-14-22)25(29)27-23-8-6-5-7-17(23)2/h5-16,18H,4H2,1-3H3,(H,26,28)(H,27,29)/t18-/m1/s1. The lowest BCUT2D eigenvalue weighted by Gasteiger charge is -2.15. The highest BCUT2D eigenvalue weighted by Crippen LogP contribution is 2.19. The Morgan fingerprint density at radius 2 is 1.52 bits per heavy atom. The summed E-state index contributed by atoms with van der Waals surface area (Å²) in [5.74, 6) is 0.769. The Kier molecular flexibility index (Phi) is 7.27. The van der Waals surface area contributed by atoms with Crippen LogP contribution >= 0.6 is 0 Å². The number of carbonyl (C=O) groups is 2. The molecule has 0 heterocycles. The van der Waals surface area contributed by atoms with Gasteiger partial charge in [0.15, 0.2) is 6.10 Å². The molecular formula is C25H26N2O4. The van der Waals surface area contributed by atoms with Crippen LogP contribution in [0.3, 0.4) is 0 Å². The van der Waals surface area contributed by atoms with Crippen LogP contribution in [0.15, 0.2) is 72.8 Å². The van der Waals surface area contributed by atoms with Gasteiger partial charge in [-0.15, -0.1) is 0 Å². The molecule has 6 heteroatoms. The third-order valence-corrected chi connectivity index (χ3v) is 4.62. The molecule has 6 nitrogen and oxygen atoms in total. The monoisotopic (exact) mass is 418 g/mol. The van der Waals surface area contributed by atoms with E-state index in [0.717, 1.165) is 17.0 Å². The molecule has 0 aliphatic rings. The van der Waals surface area contributed by atoms with Crippen LogP contribution in [0.5, 0.6) is 11.5 Å². The van der Waals surface area contributed by atoms with E-state index in [1.165, 1.54) is 0 Å². The second kappa shape index (κ2) is 10.3. The molecule has 0 saturated carbocycles. The van der Waals surface area contributed by atoms with E-state index < -0.39 is 6.10 Å². The van der Waals surface area contributed by atoms with Gasteiger partial charge < -0.3 is 20.1 Å². The van der Waals surface area contributed by atoms with E-state index in [2.05, 4.69) is 10.6 Å². The Morgan fingerprint density at radius 1 is 0.871 bits per heavy atom. The minimum atomic E-state index is -0.710. The number of carbonyl (C=O) groups excluding carboxylic acids is 2. The van der Waals surface area contributed by atoms with Crippen LogP contribution in [0.25, 0.3) is 0 Å². The van der Waals surface area contributed by atoms with Crippen molar-refractivity contribution in [2.45, 2.75) is 26.9 Å². The first-order chi connectivity index (χ1) is 15.0. The van der Waals surface area contributed by atoms with Crippen molar-refractivity contribution in [1.82, 2.24) is 0 Å². The summed E-state index contributed by atoms with van der Waals surface area (Å²) in [6.07, 6.45) is -0.710. The van der Waals surface area contributed by atoms with Crippen LogP contribution < -0.4 is 20.1 Å². The van der Waals surface area contributed by atoms with Gasteiger partial charge in [0, 0.05) is 16.9 Å². The predicted molar refractivity (Wildman–Crippen MR) is 122 cm³/mol. The largest absolute Gasteiger partial charge is 0.494 e. The first kappa shape index (κ1) is 21.9. The van der Waals surface area contributed by atoms with Crippen molar-refractivity contribution in [3.8, 4) is 11.5 Å². The number of hydrogen-bond acceptors (Lipinski definition) is 4. The number of ether oxygens (including phenoxy) is 2. The van der Waals surface area contributed by atoms with Crippen LogP contribution in [0.2, 0.25) is 0 Å². The minimum Gasteiger partial charge on any atom is -0.494 e. The molecule has 2 amide bonds. The Balaban J connectivity index is 1.55. The Labute approximate surface area is 182 Å². The number of rotatable bonds is 8. The number of aryl methyl sites for hydroxylation is 1. The summed E-state index contributed by atoms with van der Waals surface area (Å²) in [5.41, 5.74) is 2.92. The first-order valence-electron chi connectivity index (χ1n) is 10.1. The molecule has 0 unspecified atom stereocenters. The molecule has 2 N–H and O–H groups in total. The smallest absolute Gasteiger partial charge is 0.265 e. The fourth-order valence-electron chi connectivity index (χ4n) is 2.90. The lowest BCUT2D eigenvalue weighted by Crippen LogP contribution is -2.30. The quantitative estimate of drug-likeness (QED) is 0.537. The van der Waals surface area contributed by atoms with E-state index in [9.17, 15) is 9.59 Å². The second-order valence-corrected chi connectivity index (χ2v) is 7.00. The zero-order valence-corrected chi connectivity index (χ0v) is 17.8. The van der Waals surface area contributed by atoms with Crippen LogP contribution in [-0.2, 0) is 4.79 Å². The van der Waals surface area contributed by atoms with E-state index in [0.29, 0.717) is 23.6 Å². The number of amides is 2. The summed E-state index contributed by atoms with van der Waals surface area (Å²) in [7, 11) is 0. The van der Waals surface area contributed by atoms with Gasteiger partial charge in [-0.05, 0) is 80.9 Å². The van der Waals surface area contributed by atoms with Gasteiger partial charge in [-0.1, -0.05) is 18.2 Å². The molecule has 1 atom stereocenters. The molecule has 3 aromatic rings. The number of benzene rings is 3. The summed E-state index contributed by atoms with van der Waals surface area (Å²) in [6.45, 7) is 6.11. The predicted octanol–water partition coefficient (Wildman–Crippen LogP) is 5.05. The molecule has 0 bridgehead atoms. The number of hydrogen-bond donors (Lipinski definition) is 2. The van der Waals surface area contributed by atoms with Gasteiger partial charge in [0.25, 0.3) is 11.8 Å². The van der Waals surface area contributed by atoms with Gasteiger partial charge in [0.2, 0.25) is 0 Å². The molecule has 0 saturated heterocycles. The summed E-state index contributed by atoms with van der Waals surface area (Å²) in [6, 6.07) is 21.4. The highest BCUT2D eigenvalue weighted by atomic mass is 16.5. The van der Waals surface area contributed by atoms with E-state index in [1.54, 1.807) is 55.5 Å². The lowest BCUT2D eigenvalue weighted by atomic mass is 10.1. The molecule has 0 aromatic heterocycles. The number of nitrogens with one attached hydrogen (secondary N) is 2. The molecule has 0 aliphatic heterocycles. The topological polar surface area (TPSA) is 76.7 Å². The zero-order chi connectivity index (χ0) is 22.2. The molecule has 0 spiro atoms. The van der Waals surface area contributed by atoms with Crippen molar-refractivity contribution in [3.05, 3.63) is 83.9 Å². The van der Waals surface area contributed by atoms with Gasteiger partial charge in [-0.2, -0.15) is 0 Å². The molecule has 0 radical (unpaired) electrons. The fraction of sp³-hybridized carbons (Fsp3) is 0.200. The fourth-order valence-corrected chi connectivity index (χ4v) is 2.90. The van der Waals surface area contributed by atoms with Gasteiger partial charge in [0.1, 0.15) is 11.5 Å². The summed E-state index contributed by atoms with van der Waals surface area (Å²) in [5, 5.41) is 5.70. The first-order valence-corrected chi connectivity index (χ1v) is 10.1. The van der Waals surface area contributed by atoms with Crippen LogP contribution in [0, 0.1) is 6.92 Å². The number of anilines is 2. The molecular weight excluding hydrogens is 392 g/mol. The normalized spacial score (nSPS) is 11.3. The van der Waals surface area contributed by atoms with Gasteiger partial charge >= 0.3 is 0 Å².